The van der Waals surface area contributed by atoms with Crippen LogP contribution >= 0.6 is 0 Å². The predicted molar refractivity (Wildman–Crippen MR) is 84.8 cm³/mol. The Morgan fingerprint density at radius 1 is 1.19 bits per heavy atom. The van der Waals surface area contributed by atoms with Gasteiger partial charge in [0.1, 0.15) is 12.0 Å². The average Bonchev–Trinajstić information content (AvgIpc) is 2.52. The van der Waals surface area contributed by atoms with E-state index in [1.54, 1.807) is 36.4 Å². The molecule has 1 rings (SSSR count). The summed E-state index contributed by atoms with van der Waals surface area (Å²) < 4.78 is 5.25. The molecule has 0 N–H and O–H groups in total. The number of esters is 1. The Kier molecular flexibility index (Phi) is 6.88. The Bertz CT molecular complexity index is 563. The number of allylic oxidation sites excluding steroid dienone is 2. The smallest absolute Gasteiger partial charge is 0.342 e. The Hall–Kier alpha value is -2.42. The number of carbonyl (C=O) groups is 2. The number of hydrogen-bond acceptors (Lipinski definition) is 3. The minimum Gasteiger partial charge on any atom is -0.428 e. The third kappa shape index (κ3) is 5.61. The van der Waals surface area contributed by atoms with Crippen LogP contribution in [0.3, 0.4) is 0 Å². The summed E-state index contributed by atoms with van der Waals surface area (Å²) in [5.41, 5.74) is 1.78. The second-order valence-corrected chi connectivity index (χ2v) is 4.46. The maximum absolute atomic E-state index is 11.8. The zero-order valence-electron chi connectivity index (χ0n) is 12.5. The van der Waals surface area contributed by atoms with E-state index in [1.807, 2.05) is 19.9 Å². The highest BCUT2D eigenvalue weighted by molar-refractivity contribution is 5.92. The summed E-state index contributed by atoms with van der Waals surface area (Å²) in [6, 6.07) is 7.03. The Morgan fingerprint density at radius 3 is 2.33 bits per heavy atom. The van der Waals surface area contributed by atoms with Gasteiger partial charge in [-0.15, -0.1) is 0 Å². The molecule has 0 fully saturated rings. The molecule has 0 aliphatic heterocycles. The van der Waals surface area contributed by atoms with E-state index in [-0.39, 0.29) is 5.57 Å². The molecule has 0 atom stereocenters. The van der Waals surface area contributed by atoms with Crippen molar-refractivity contribution in [2.45, 2.75) is 26.7 Å². The first-order chi connectivity index (χ1) is 10.1. The van der Waals surface area contributed by atoms with Crippen LogP contribution in [0.25, 0.3) is 6.08 Å². The molecule has 21 heavy (non-hydrogen) atoms. The van der Waals surface area contributed by atoms with Gasteiger partial charge in [0.25, 0.3) is 0 Å². The molecule has 110 valence electrons. The molecule has 0 radical (unpaired) electrons. The maximum atomic E-state index is 11.8. The van der Waals surface area contributed by atoms with Gasteiger partial charge in [-0.05, 0) is 24.1 Å². The molecule has 0 aliphatic carbocycles. The summed E-state index contributed by atoms with van der Waals surface area (Å²) in [5, 5.41) is 0. The maximum Gasteiger partial charge on any atom is 0.342 e. The van der Waals surface area contributed by atoms with E-state index in [9.17, 15) is 9.59 Å². The molecule has 0 spiro atoms. The molecule has 0 aromatic heterocycles. The van der Waals surface area contributed by atoms with Crippen molar-refractivity contribution < 1.29 is 14.3 Å². The fourth-order valence-electron chi connectivity index (χ4n) is 1.62. The lowest BCUT2D eigenvalue weighted by Gasteiger charge is -2.06. The molecule has 3 heteroatoms. The van der Waals surface area contributed by atoms with Gasteiger partial charge in [0.05, 0.1) is 5.57 Å². The Labute approximate surface area is 125 Å². The van der Waals surface area contributed by atoms with E-state index < -0.39 is 5.97 Å². The first kappa shape index (κ1) is 16.6. The molecular formula is C18H20O3. The molecular weight excluding hydrogens is 264 g/mol. The third-order valence-corrected chi connectivity index (χ3v) is 2.82. The van der Waals surface area contributed by atoms with Gasteiger partial charge >= 0.3 is 5.97 Å². The van der Waals surface area contributed by atoms with Crippen LogP contribution in [0.4, 0.5) is 0 Å². The summed E-state index contributed by atoms with van der Waals surface area (Å²) in [6.45, 7) is 7.63. The standard InChI is InChI=1S/C18H20O3/c1-4-6-17(5-2)21-18(20)14(3)7-8-15-9-11-16(13-19)12-10-15/h6-13H,3-5H2,1-2H3/b8-7+,17-6+. The second kappa shape index (κ2) is 8.69. The number of hydrogen-bond donors (Lipinski definition) is 0. The first-order valence-corrected chi connectivity index (χ1v) is 6.94. The summed E-state index contributed by atoms with van der Waals surface area (Å²) in [6.07, 6.45) is 7.53. The fourth-order valence-corrected chi connectivity index (χ4v) is 1.62. The van der Waals surface area contributed by atoms with E-state index in [2.05, 4.69) is 6.58 Å². The van der Waals surface area contributed by atoms with Gasteiger partial charge in [0, 0.05) is 12.0 Å². The summed E-state index contributed by atoms with van der Waals surface area (Å²) in [5.74, 6) is 0.213. The van der Waals surface area contributed by atoms with Gasteiger partial charge in [0.15, 0.2) is 0 Å². The lowest BCUT2D eigenvalue weighted by atomic mass is 10.1. The topological polar surface area (TPSA) is 43.4 Å². The largest absolute Gasteiger partial charge is 0.428 e. The normalized spacial score (nSPS) is 11.4. The van der Waals surface area contributed by atoms with Crippen molar-refractivity contribution in [3.05, 3.63) is 65.5 Å². The van der Waals surface area contributed by atoms with Gasteiger partial charge in [-0.3, -0.25) is 4.79 Å². The van der Waals surface area contributed by atoms with Crippen molar-refractivity contribution >= 4 is 18.3 Å². The highest BCUT2D eigenvalue weighted by Crippen LogP contribution is 2.11. The molecule has 1 aromatic rings. The van der Waals surface area contributed by atoms with Crippen LogP contribution in [0, 0.1) is 0 Å². The van der Waals surface area contributed by atoms with Crippen LogP contribution in [0.15, 0.2) is 54.3 Å². The molecule has 0 saturated carbocycles. The highest BCUT2D eigenvalue weighted by Gasteiger charge is 2.07. The van der Waals surface area contributed by atoms with Crippen LogP contribution in [-0.2, 0) is 9.53 Å². The highest BCUT2D eigenvalue weighted by atomic mass is 16.5. The van der Waals surface area contributed by atoms with Crippen molar-refractivity contribution in [3.8, 4) is 0 Å². The van der Waals surface area contributed by atoms with E-state index in [0.717, 1.165) is 18.3 Å². The average molecular weight is 284 g/mol. The van der Waals surface area contributed by atoms with Crippen molar-refractivity contribution in [2.24, 2.45) is 0 Å². The number of benzene rings is 1. The number of carbonyl (C=O) groups excluding carboxylic acids is 2. The third-order valence-electron chi connectivity index (χ3n) is 2.82. The van der Waals surface area contributed by atoms with Gasteiger partial charge < -0.3 is 4.74 Å². The Balaban J connectivity index is 2.66. The minimum atomic E-state index is -0.447. The van der Waals surface area contributed by atoms with Crippen LogP contribution in [0.2, 0.25) is 0 Å². The second-order valence-electron chi connectivity index (χ2n) is 4.46. The van der Waals surface area contributed by atoms with Crippen LogP contribution in [-0.4, -0.2) is 12.3 Å². The summed E-state index contributed by atoms with van der Waals surface area (Å²) in [7, 11) is 0. The minimum absolute atomic E-state index is 0.282. The van der Waals surface area contributed by atoms with E-state index in [0.29, 0.717) is 17.7 Å². The van der Waals surface area contributed by atoms with E-state index in [4.69, 9.17) is 4.74 Å². The van der Waals surface area contributed by atoms with Crippen LogP contribution in [0.5, 0.6) is 0 Å². The zero-order chi connectivity index (χ0) is 15.7. The zero-order valence-corrected chi connectivity index (χ0v) is 12.5. The lowest BCUT2D eigenvalue weighted by Crippen LogP contribution is -2.05. The van der Waals surface area contributed by atoms with Gasteiger partial charge in [0.2, 0.25) is 0 Å². The summed E-state index contributed by atoms with van der Waals surface area (Å²) in [4.78, 5) is 22.4. The molecule has 0 unspecified atom stereocenters. The number of rotatable bonds is 7. The van der Waals surface area contributed by atoms with Crippen LogP contribution < -0.4 is 0 Å². The van der Waals surface area contributed by atoms with Crippen molar-refractivity contribution in [3.63, 3.8) is 0 Å². The SMILES string of the molecule is C=C(/C=C/c1ccc(C=O)cc1)C(=O)O/C(=C/CC)CC. The molecule has 0 saturated heterocycles. The van der Waals surface area contributed by atoms with Crippen LogP contribution in [0.1, 0.15) is 42.6 Å². The molecule has 3 nitrogen and oxygen atoms in total. The lowest BCUT2D eigenvalue weighted by molar-refractivity contribution is -0.134. The molecule has 1 aromatic carbocycles. The van der Waals surface area contributed by atoms with Gasteiger partial charge in [-0.2, -0.15) is 0 Å². The number of ether oxygens (including phenoxy) is 1. The molecule has 0 bridgehead atoms. The van der Waals surface area contributed by atoms with Crippen molar-refractivity contribution in [2.75, 3.05) is 0 Å². The fraction of sp³-hybridized carbons (Fsp3) is 0.222. The Morgan fingerprint density at radius 2 is 1.81 bits per heavy atom. The number of aldehydes is 1. The van der Waals surface area contributed by atoms with Crippen molar-refractivity contribution in [1.82, 2.24) is 0 Å². The van der Waals surface area contributed by atoms with E-state index >= 15 is 0 Å². The predicted octanol–water partition coefficient (Wildman–Crippen LogP) is 4.32. The monoisotopic (exact) mass is 284 g/mol. The van der Waals surface area contributed by atoms with Crippen molar-refractivity contribution in [1.29, 1.82) is 0 Å². The molecule has 0 heterocycles. The molecule has 0 aliphatic rings. The van der Waals surface area contributed by atoms with E-state index in [1.165, 1.54) is 0 Å². The quantitative estimate of drug-likeness (QED) is 0.246. The van der Waals surface area contributed by atoms with Gasteiger partial charge in [-0.1, -0.05) is 50.8 Å². The summed E-state index contributed by atoms with van der Waals surface area (Å²) >= 11 is 0. The first-order valence-electron chi connectivity index (χ1n) is 6.94. The van der Waals surface area contributed by atoms with Gasteiger partial charge in [-0.25, -0.2) is 4.79 Å². The molecule has 0 amide bonds.